The molecule has 1 saturated carbocycles. The molecule has 1 saturated heterocycles. The third-order valence-electron chi connectivity index (χ3n) is 5.02. The highest BCUT2D eigenvalue weighted by Gasteiger charge is 2.34. The van der Waals surface area contributed by atoms with E-state index in [1.54, 1.807) is 0 Å². The van der Waals surface area contributed by atoms with Gasteiger partial charge in [0.05, 0.1) is 12.6 Å². The Bertz CT molecular complexity index is 396. The number of amides is 1. The van der Waals surface area contributed by atoms with Crippen molar-refractivity contribution in [3.63, 3.8) is 0 Å². The largest absolute Gasteiger partial charge is 0.337 e. The van der Waals surface area contributed by atoms with E-state index in [-0.39, 0.29) is 5.91 Å². The number of rotatable bonds is 4. The van der Waals surface area contributed by atoms with E-state index in [1.165, 1.54) is 12.8 Å². The molecule has 1 heterocycles. The highest BCUT2D eigenvalue weighted by molar-refractivity contribution is 5.79. The zero-order chi connectivity index (χ0) is 15.3. The van der Waals surface area contributed by atoms with Crippen LogP contribution >= 0.6 is 0 Å². The Morgan fingerprint density at radius 3 is 2.57 bits per heavy atom. The Labute approximate surface area is 127 Å². The van der Waals surface area contributed by atoms with Crippen LogP contribution in [-0.4, -0.2) is 42.0 Å². The summed E-state index contributed by atoms with van der Waals surface area (Å²) in [6, 6.07) is 2.77. The van der Waals surface area contributed by atoms with Crippen LogP contribution in [0.15, 0.2) is 0 Å². The molecule has 2 aliphatic rings. The summed E-state index contributed by atoms with van der Waals surface area (Å²) < 4.78 is 0. The van der Waals surface area contributed by atoms with Gasteiger partial charge in [-0.05, 0) is 38.6 Å². The van der Waals surface area contributed by atoms with Gasteiger partial charge in [-0.25, -0.2) is 0 Å². The zero-order valence-electron chi connectivity index (χ0n) is 13.1. The van der Waals surface area contributed by atoms with Crippen LogP contribution in [0.5, 0.6) is 0 Å². The topological polar surface area (TPSA) is 82.2 Å². The van der Waals surface area contributed by atoms with Gasteiger partial charge in [-0.3, -0.25) is 9.69 Å². The second-order valence-electron chi connectivity index (χ2n) is 6.77. The molecule has 1 aliphatic heterocycles. The van der Waals surface area contributed by atoms with Crippen molar-refractivity contribution < 1.29 is 4.79 Å². The predicted octanol–water partition coefficient (Wildman–Crippen LogP) is 1.39. The summed E-state index contributed by atoms with van der Waals surface area (Å²) in [5, 5.41) is 12.5. The molecule has 2 unspecified atom stereocenters. The monoisotopic (exact) mass is 292 g/mol. The molecule has 0 spiro atoms. The maximum Gasteiger partial charge on any atom is 0.235 e. The number of hydrogen-bond donors (Lipinski definition) is 2. The first-order valence-corrected chi connectivity index (χ1v) is 8.25. The number of nitriles is 1. The van der Waals surface area contributed by atoms with Crippen LogP contribution in [0.25, 0.3) is 0 Å². The maximum atomic E-state index is 12.3. The fraction of sp³-hybridized carbons (Fsp3) is 0.875. The Hall–Kier alpha value is -1.12. The molecule has 1 aliphatic carbocycles. The minimum Gasteiger partial charge on any atom is -0.337 e. The molecule has 0 bridgehead atoms. The quantitative estimate of drug-likeness (QED) is 0.767. The molecule has 0 aromatic carbocycles. The van der Waals surface area contributed by atoms with Crippen LogP contribution in [0, 0.1) is 17.2 Å². The minimum atomic E-state index is -0.635. The van der Waals surface area contributed by atoms with Gasteiger partial charge in [0.15, 0.2) is 0 Å². The Morgan fingerprint density at radius 2 is 2.05 bits per heavy atom. The van der Waals surface area contributed by atoms with Gasteiger partial charge in [0.25, 0.3) is 0 Å². The molecule has 118 valence electrons. The van der Waals surface area contributed by atoms with E-state index in [0.29, 0.717) is 25.0 Å². The number of nitrogens with one attached hydrogen (secondary N) is 1. The molecular formula is C16H28N4O. The fourth-order valence-electron chi connectivity index (χ4n) is 3.70. The third-order valence-corrected chi connectivity index (χ3v) is 5.02. The second kappa shape index (κ2) is 7.24. The van der Waals surface area contributed by atoms with E-state index in [0.717, 1.165) is 38.6 Å². The van der Waals surface area contributed by atoms with E-state index in [1.807, 2.05) is 0 Å². The predicted molar refractivity (Wildman–Crippen MR) is 82.4 cm³/mol. The first-order chi connectivity index (χ1) is 10.1. The van der Waals surface area contributed by atoms with Gasteiger partial charge in [-0.2, -0.15) is 5.26 Å². The molecule has 0 aromatic heterocycles. The summed E-state index contributed by atoms with van der Waals surface area (Å²) in [6.45, 7) is 4.12. The molecule has 2 rings (SSSR count). The third kappa shape index (κ3) is 4.18. The van der Waals surface area contributed by atoms with Gasteiger partial charge in [-0.1, -0.05) is 25.7 Å². The molecule has 2 fully saturated rings. The zero-order valence-corrected chi connectivity index (χ0v) is 13.1. The van der Waals surface area contributed by atoms with Gasteiger partial charge < -0.3 is 11.1 Å². The number of nitrogens with zero attached hydrogens (tertiary/aromatic N) is 2. The Balaban J connectivity index is 1.90. The summed E-state index contributed by atoms with van der Waals surface area (Å²) in [5.41, 5.74) is 5.09. The van der Waals surface area contributed by atoms with E-state index in [4.69, 9.17) is 5.73 Å². The van der Waals surface area contributed by atoms with E-state index in [2.05, 4.69) is 23.2 Å². The van der Waals surface area contributed by atoms with Crippen LogP contribution in [0.2, 0.25) is 0 Å². The average molecular weight is 292 g/mol. The minimum absolute atomic E-state index is 0.0111. The lowest BCUT2D eigenvalue weighted by molar-refractivity contribution is -0.123. The first-order valence-electron chi connectivity index (χ1n) is 8.25. The van der Waals surface area contributed by atoms with Crippen molar-refractivity contribution in [2.75, 3.05) is 19.6 Å². The number of nitrogens with two attached hydrogens (primary N) is 1. The van der Waals surface area contributed by atoms with Gasteiger partial charge in [0.1, 0.15) is 5.54 Å². The van der Waals surface area contributed by atoms with Crippen molar-refractivity contribution in [3.05, 3.63) is 0 Å². The summed E-state index contributed by atoms with van der Waals surface area (Å²) in [6.07, 6.45) is 7.04. The van der Waals surface area contributed by atoms with Crippen LogP contribution < -0.4 is 11.1 Å². The lowest BCUT2D eigenvalue weighted by Gasteiger charge is -2.28. The van der Waals surface area contributed by atoms with Crippen molar-refractivity contribution >= 4 is 5.91 Å². The van der Waals surface area contributed by atoms with Gasteiger partial charge >= 0.3 is 0 Å². The maximum absolute atomic E-state index is 12.3. The summed E-state index contributed by atoms with van der Waals surface area (Å²) >= 11 is 0. The number of likely N-dealkylation sites (tertiary alicyclic amines) is 1. The molecule has 3 N–H and O–H groups in total. The smallest absolute Gasteiger partial charge is 0.235 e. The summed E-state index contributed by atoms with van der Waals surface area (Å²) in [5.74, 6) is 0.485. The summed E-state index contributed by atoms with van der Waals surface area (Å²) in [4.78, 5) is 14.5. The van der Waals surface area contributed by atoms with E-state index < -0.39 is 5.54 Å². The Kier molecular flexibility index (Phi) is 5.60. The lowest BCUT2D eigenvalue weighted by atomic mass is 9.92. The van der Waals surface area contributed by atoms with Crippen LogP contribution in [0.1, 0.15) is 51.9 Å². The van der Waals surface area contributed by atoms with Crippen LogP contribution in [-0.2, 0) is 4.79 Å². The highest BCUT2D eigenvalue weighted by atomic mass is 16.2. The molecule has 0 aromatic rings. The second-order valence-corrected chi connectivity index (χ2v) is 6.77. The van der Waals surface area contributed by atoms with Gasteiger partial charge in [-0.15, -0.1) is 0 Å². The molecule has 0 radical (unpaired) electrons. The fourth-order valence-corrected chi connectivity index (χ4v) is 3.70. The molecule has 5 heteroatoms. The number of hydrogen-bond acceptors (Lipinski definition) is 4. The van der Waals surface area contributed by atoms with E-state index >= 15 is 0 Å². The molecule has 21 heavy (non-hydrogen) atoms. The van der Waals surface area contributed by atoms with Crippen LogP contribution in [0.4, 0.5) is 0 Å². The molecule has 1 amide bonds. The SMILES string of the molecule is CC1CC(CN)CN1CC(=O)NC1(C#N)CCCCCC1. The van der Waals surface area contributed by atoms with Crippen LogP contribution in [0.3, 0.4) is 0 Å². The highest BCUT2D eigenvalue weighted by Crippen LogP contribution is 2.27. The number of carbonyl (C=O) groups is 1. The number of carbonyl (C=O) groups excluding carboxylic acids is 1. The lowest BCUT2D eigenvalue weighted by Crippen LogP contribution is -2.50. The molecule has 5 nitrogen and oxygen atoms in total. The van der Waals surface area contributed by atoms with Crippen molar-refractivity contribution in [2.45, 2.75) is 63.5 Å². The first kappa shape index (κ1) is 16.3. The molecule has 2 atom stereocenters. The summed E-state index contributed by atoms with van der Waals surface area (Å²) in [7, 11) is 0. The van der Waals surface area contributed by atoms with Crippen molar-refractivity contribution in [1.29, 1.82) is 5.26 Å². The van der Waals surface area contributed by atoms with Crippen molar-refractivity contribution in [2.24, 2.45) is 11.7 Å². The van der Waals surface area contributed by atoms with Crippen molar-refractivity contribution in [3.8, 4) is 6.07 Å². The normalized spacial score (nSPS) is 29.6. The van der Waals surface area contributed by atoms with Gasteiger partial charge in [0.2, 0.25) is 5.91 Å². The molecular weight excluding hydrogens is 264 g/mol. The standard InChI is InChI=1S/C16H28N4O/c1-13-8-14(9-17)10-20(13)11-15(21)19-16(12-18)6-4-2-3-5-7-16/h13-14H,2-11,17H2,1H3,(H,19,21). The van der Waals surface area contributed by atoms with Crippen molar-refractivity contribution in [1.82, 2.24) is 10.2 Å². The Morgan fingerprint density at radius 1 is 1.38 bits per heavy atom. The van der Waals surface area contributed by atoms with E-state index in [9.17, 15) is 10.1 Å². The average Bonchev–Trinajstić information content (AvgIpc) is 2.68. The van der Waals surface area contributed by atoms with Gasteiger partial charge in [0, 0.05) is 12.6 Å².